The molecule has 0 saturated heterocycles. The molecule has 6 aromatic rings. The van der Waals surface area contributed by atoms with Crippen LogP contribution in [0.1, 0.15) is 16.7 Å². The van der Waals surface area contributed by atoms with Gasteiger partial charge in [0.2, 0.25) is 0 Å². The van der Waals surface area contributed by atoms with Gasteiger partial charge in [-0.05, 0) is 45.0 Å². The van der Waals surface area contributed by atoms with Crippen LogP contribution in [0.4, 0.5) is 11.4 Å². The summed E-state index contributed by atoms with van der Waals surface area (Å²) in [7, 11) is 0. The second-order valence-electron chi connectivity index (χ2n) is 11.2. The van der Waals surface area contributed by atoms with Gasteiger partial charge in [0.25, 0.3) is 0 Å². The Kier molecular flexibility index (Phi) is 8.86. The molecule has 0 radical (unpaired) electrons. The van der Waals surface area contributed by atoms with E-state index in [-0.39, 0.29) is 27.8 Å². The number of aryl methyl sites for hydroxylation is 3. The predicted octanol–water partition coefficient (Wildman–Crippen LogP) is 5.97. The van der Waals surface area contributed by atoms with Crippen LogP contribution in [0.25, 0.3) is 16.9 Å². The maximum absolute atomic E-state index is 4.89. The third-order valence-electron chi connectivity index (χ3n) is 7.99. The molecule has 0 unspecified atom stereocenters. The number of aromatic nitrogens is 2. The molecule has 1 aliphatic rings. The number of hydrogen-bond donors (Lipinski definition) is 0. The summed E-state index contributed by atoms with van der Waals surface area (Å²) in [5.74, 6) is 0. The van der Waals surface area contributed by atoms with Crippen molar-refractivity contribution < 1.29 is 21.1 Å². The van der Waals surface area contributed by atoms with Crippen molar-refractivity contribution in [2.45, 2.75) is 20.8 Å². The predicted molar refractivity (Wildman–Crippen MR) is 183 cm³/mol. The zero-order chi connectivity index (χ0) is 30.0. The van der Waals surface area contributed by atoms with Crippen LogP contribution in [0.15, 0.2) is 127 Å². The van der Waals surface area contributed by atoms with Crippen LogP contribution in [0.5, 0.6) is 0 Å². The van der Waals surface area contributed by atoms with Crippen LogP contribution < -0.4 is 26.3 Å². The van der Waals surface area contributed by atoms with Gasteiger partial charge in [0.15, 0.2) is 6.71 Å². The van der Waals surface area contributed by atoms with Crippen molar-refractivity contribution in [3.05, 3.63) is 157 Å². The number of hydrogen-bond acceptors (Lipinski definition) is 4. The van der Waals surface area contributed by atoms with Crippen LogP contribution >= 0.6 is 0 Å². The summed E-state index contributed by atoms with van der Waals surface area (Å²) in [5.41, 5.74) is 11.9. The minimum absolute atomic E-state index is 0. The first-order valence-electron chi connectivity index (χ1n) is 14.8. The largest absolute Gasteiger partial charge is 0.463 e. The smallest absolute Gasteiger partial charge is 0.198 e. The van der Waals surface area contributed by atoms with Gasteiger partial charge in [-0.2, -0.15) is 34.2 Å². The van der Waals surface area contributed by atoms with Crippen LogP contribution in [0.2, 0.25) is 0 Å². The molecule has 0 atom stereocenters. The number of benzene rings is 5. The Bertz CT molecular complexity index is 1930. The Balaban J connectivity index is 0.00000357. The average Bonchev–Trinajstić information content (AvgIpc) is 3.75. The number of anilines is 2. The van der Waals surface area contributed by atoms with Gasteiger partial charge in [-0.25, -0.2) is 5.10 Å². The molecular weight excluding hydrogens is 732 g/mol. The zero-order valence-corrected chi connectivity index (χ0v) is 27.6. The van der Waals surface area contributed by atoms with E-state index in [2.05, 4.69) is 105 Å². The van der Waals surface area contributed by atoms with Crippen molar-refractivity contribution in [3.8, 4) is 16.9 Å². The topological polar surface area (TPSA) is 36.7 Å². The Hall–Kier alpha value is -4.67. The van der Waals surface area contributed by atoms with Gasteiger partial charge in [-0.15, -0.1) is 42.6 Å². The Labute approximate surface area is 280 Å². The van der Waals surface area contributed by atoms with E-state index in [0.717, 1.165) is 39.2 Å². The Morgan fingerprint density at radius 2 is 1.33 bits per heavy atom. The van der Waals surface area contributed by atoms with Crippen molar-refractivity contribution >= 4 is 40.8 Å². The number of para-hydroxylation sites is 2. The first kappa shape index (κ1) is 30.4. The molecule has 0 amide bonds. The van der Waals surface area contributed by atoms with Crippen LogP contribution in [0.3, 0.4) is 0 Å². The standard InChI is InChI=1S/C38H31BN5.Pt/c1-28-22-29(2)38(30(3)23-28)39(32-13-10-12-31(24-32)37-20-21-43(41-37)35-17-8-5-9-18-35)33-14-11-19-36(25-33)44-27-42(26-40-44)34-15-6-4-7-16-34;/h4-23,26-27H,1-3H3;/q-3;. The second kappa shape index (κ2) is 13.1. The molecule has 0 saturated carbocycles. The molecule has 5 nitrogen and oxygen atoms in total. The molecule has 45 heavy (non-hydrogen) atoms. The summed E-state index contributed by atoms with van der Waals surface area (Å²) in [6.07, 6.45) is 3.83. The maximum Gasteiger partial charge on any atom is 0.198 e. The first-order chi connectivity index (χ1) is 21.5. The summed E-state index contributed by atoms with van der Waals surface area (Å²) >= 11 is 0. The van der Waals surface area contributed by atoms with E-state index in [1.807, 2.05) is 82.3 Å². The quantitative estimate of drug-likeness (QED) is 0.149. The van der Waals surface area contributed by atoms with Crippen molar-refractivity contribution in [2.24, 2.45) is 5.10 Å². The van der Waals surface area contributed by atoms with E-state index in [9.17, 15) is 0 Å². The molecule has 7 rings (SSSR count). The van der Waals surface area contributed by atoms with E-state index >= 15 is 0 Å². The third-order valence-corrected chi connectivity index (χ3v) is 7.99. The van der Waals surface area contributed by atoms with Gasteiger partial charge < -0.3 is 9.91 Å². The van der Waals surface area contributed by atoms with Gasteiger partial charge in [0.1, 0.15) is 0 Å². The normalized spacial score (nSPS) is 12.3. The van der Waals surface area contributed by atoms with Crippen molar-refractivity contribution in [3.63, 3.8) is 0 Å². The molecule has 1 aromatic heterocycles. The molecule has 0 spiro atoms. The molecular formula is C38H31BN5Pt-3. The van der Waals surface area contributed by atoms with Crippen LogP contribution in [-0.4, -0.2) is 22.8 Å². The van der Waals surface area contributed by atoms with E-state index in [0.29, 0.717) is 0 Å². The van der Waals surface area contributed by atoms with E-state index in [1.165, 1.54) is 22.2 Å². The Morgan fingerprint density at radius 1 is 0.689 bits per heavy atom. The number of hydrazone groups is 1. The molecule has 0 fully saturated rings. The van der Waals surface area contributed by atoms with Gasteiger partial charge >= 0.3 is 0 Å². The molecule has 2 heterocycles. The fourth-order valence-electron chi connectivity index (χ4n) is 6.04. The number of nitrogens with zero attached hydrogens (tertiary/aromatic N) is 5. The number of rotatable bonds is 7. The fraction of sp³-hybridized carbons (Fsp3) is 0.0789. The minimum Gasteiger partial charge on any atom is -0.463 e. The Morgan fingerprint density at radius 3 is 2.04 bits per heavy atom. The summed E-state index contributed by atoms with van der Waals surface area (Å²) < 4.78 is 1.91. The van der Waals surface area contributed by atoms with Crippen LogP contribution in [-0.2, 0) is 21.1 Å². The summed E-state index contributed by atoms with van der Waals surface area (Å²) in [5, 5.41) is 11.4. The van der Waals surface area contributed by atoms with E-state index < -0.39 is 0 Å². The molecule has 7 heteroatoms. The molecule has 0 N–H and O–H groups in total. The second-order valence-corrected chi connectivity index (χ2v) is 11.2. The van der Waals surface area contributed by atoms with E-state index in [4.69, 9.17) is 5.10 Å². The van der Waals surface area contributed by atoms with Crippen molar-refractivity contribution in [1.29, 1.82) is 0 Å². The molecule has 5 aromatic carbocycles. The van der Waals surface area contributed by atoms with Gasteiger partial charge in [-0.1, -0.05) is 82.4 Å². The maximum atomic E-state index is 4.89. The van der Waals surface area contributed by atoms with Gasteiger partial charge in [0.05, 0.1) is 12.0 Å². The molecule has 0 bridgehead atoms. The molecule has 1 aliphatic heterocycles. The zero-order valence-electron chi connectivity index (χ0n) is 25.3. The third kappa shape index (κ3) is 6.29. The van der Waals surface area contributed by atoms with E-state index in [1.54, 1.807) is 0 Å². The fourth-order valence-corrected chi connectivity index (χ4v) is 6.04. The van der Waals surface area contributed by atoms with Gasteiger partial charge in [0, 0.05) is 38.6 Å². The first-order valence-corrected chi connectivity index (χ1v) is 14.8. The molecule has 224 valence electrons. The van der Waals surface area contributed by atoms with Crippen molar-refractivity contribution in [1.82, 2.24) is 9.78 Å². The SMILES string of the molecule is Cc1cc(C)c(B(c2[c-]c(-c3ccn(-c4ccccc4)n3)ccc2)c2[c-]c(N3[CH-]N(c4ccccc4)C=N3)ccc2)c(C)c1.[Pt]. The average molecular weight is 764 g/mol. The molecule has 0 aliphatic carbocycles. The van der Waals surface area contributed by atoms with Crippen molar-refractivity contribution in [2.75, 3.05) is 9.91 Å². The monoisotopic (exact) mass is 763 g/mol. The van der Waals surface area contributed by atoms with Crippen LogP contribution in [0, 0.1) is 39.6 Å². The van der Waals surface area contributed by atoms with Gasteiger partial charge in [-0.3, -0.25) is 4.68 Å². The summed E-state index contributed by atoms with van der Waals surface area (Å²) in [4.78, 5) is 2.01. The summed E-state index contributed by atoms with van der Waals surface area (Å²) in [6.45, 7) is 8.46. The minimum atomic E-state index is -0.0801. The summed E-state index contributed by atoms with van der Waals surface area (Å²) in [6, 6.07) is 47.1.